The first-order valence-electron chi connectivity index (χ1n) is 8.22. The summed E-state index contributed by atoms with van der Waals surface area (Å²) in [5, 5.41) is 8.55. The third-order valence-corrected chi connectivity index (χ3v) is 4.00. The number of carbonyl (C=O) groups is 2. The van der Waals surface area contributed by atoms with Crippen LogP contribution in [0.25, 0.3) is 0 Å². The minimum Gasteiger partial charge on any atom is -0.376 e. The van der Waals surface area contributed by atoms with Crippen LogP contribution in [0, 0.1) is 12.7 Å². The SMILES string of the molecule is Cc1ccc(F)cc1NCC(=O)Nc1ccccc1C(=O)NC1CC1. The first-order valence-corrected chi connectivity index (χ1v) is 8.22. The second-order valence-corrected chi connectivity index (χ2v) is 6.15. The van der Waals surface area contributed by atoms with E-state index in [-0.39, 0.29) is 30.2 Å². The Balaban J connectivity index is 1.62. The van der Waals surface area contributed by atoms with Crippen LogP contribution in [0.15, 0.2) is 42.5 Å². The van der Waals surface area contributed by atoms with Gasteiger partial charge >= 0.3 is 0 Å². The van der Waals surface area contributed by atoms with Crippen LogP contribution in [0.2, 0.25) is 0 Å². The number of carbonyl (C=O) groups excluding carboxylic acids is 2. The number of anilines is 2. The summed E-state index contributed by atoms with van der Waals surface area (Å²) in [5.41, 5.74) is 2.31. The van der Waals surface area contributed by atoms with E-state index in [1.807, 2.05) is 6.92 Å². The summed E-state index contributed by atoms with van der Waals surface area (Å²) in [6.07, 6.45) is 1.99. The number of nitrogens with one attached hydrogen (secondary N) is 3. The highest BCUT2D eigenvalue weighted by Gasteiger charge is 2.24. The van der Waals surface area contributed by atoms with E-state index in [4.69, 9.17) is 0 Å². The molecule has 0 aliphatic heterocycles. The fourth-order valence-electron chi connectivity index (χ4n) is 2.44. The molecule has 2 amide bonds. The molecule has 6 heteroatoms. The summed E-state index contributed by atoms with van der Waals surface area (Å²) in [6.45, 7) is 1.81. The summed E-state index contributed by atoms with van der Waals surface area (Å²) in [7, 11) is 0. The number of hydrogen-bond donors (Lipinski definition) is 3. The van der Waals surface area contributed by atoms with E-state index in [0.717, 1.165) is 18.4 Å². The number of benzene rings is 2. The molecule has 0 spiro atoms. The summed E-state index contributed by atoms with van der Waals surface area (Å²) in [4.78, 5) is 24.4. The quantitative estimate of drug-likeness (QED) is 0.756. The standard InChI is InChI=1S/C19H20FN3O2/c1-12-6-7-13(20)10-17(12)21-11-18(24)23-16-5-3-2-4-15(16)19(25)22-14-8-9-14/h2-7,10,14,21H,8-9,11H2,1H3,(H,22,25)(H,23,24). The van der Waals surface area contributed by atoms with Crippen molar-refractivity contribution in [2.75, 3.05) is 17.2 Å². The van der Waals surface area contributed by atoms with Crippen molar-refractivity contribution in [3.63, 3.8) is 0 Å². The number of rotatable bonds is 6. The molecule has 1 aliphatic carbocycles. The molecule has 1 aliphatic rings. The Morgan fingerprint density at radius 3 is 2.64 bits per heavy atom. The fraction of sp³-hybridized carbons (Fsp3) is 0.263. The molecule has 1 saturated carbocycles. The highest BCUT2D eigenvalue weighted by molar-refractivity contribution is 6.04. The van der Waals surface area contributed by atoms with Crippen LogP contribution in [-0.2, 0) is 4.79 Å². The van der Waals surface area contributed by atoms with Crippen molar-refractivity contribution >= 4 is 23.2 Å². The van der Waals surface area contributed by atoms with Crippen molar-refractivity contribution in [3.05, 3.63) is 59.4 Å². The Hall–Kier alpha value is -2.89. The average Bonchev–Trinajstić information content (AvgIpc) is 3.40. The molecule has 3 rings (SSSR count). The Bertz CT molecular complexity index is 803. The zero-order valence-corrected chi connectivity index (χ0v) is 13.9. The molecule has 0 bridgehead atoms. The normalized spacial score (nSPS) is 13.2. The van der Waals surface area contributed by atoms with Crippen molar-refractivity contribution in [1.82, 2.24) is 5.32 Å². The third kappa shape index (κ3) is 4.56. The molecule has 130 valence electrons. The zero-order chi connectivity index (χ0) is 17.8. The molecule has 0 radical (unpaired) electrons. The summed E-state index contributed by atoms with van der Waals surface area (Å²) >= 11 is 0. The summed E-state index contributed by atoms with van der Waals surface area (Å²) < 4.78 is 13.3. The Morgan fingerprint density at radius 2 is 1.88 bits per heavy atom. The van der Waals surface area contributed by atoms with E-state index in [1.165, 1.54) is 12.1 Å². The molecule has 0 atom stereocenters. The van der Waals surface area contributed by atoms with Crippen molar-refractivity contribution in [2.24, 2.45) is 0 Å². The molecular formula is C19H20FN3O2. The molecule has 3 N–H and O–H groups in total. The van der Waals surface area contributed by atoms with E-state index >= 15 is 0 Å². The van der Waals surface area contributed by atoms with Crippen LogP contribution in [0.4, 0.5) is 15.8 Å². The van der Waals surface area contributed by atoms with E-state index in [9.17, 15) is 14.0 Å². The number of halogens is 1. The minimum atomic E-state index is -0.365. The van der Waals surface area contributed by atoms with Gasteiger partial charge in [-0.15, -0.1) is 0 Å². The molecule has 2 aromatic rings. The van der Waals surface area contributed by atoms with Crippen molar-refractivity contribution in [3.8, 4) is 0 Å². The first kappa shape index (κ1) is 17.0. The van der Waals surface area contributed by atoms with E-state index in [2.05, 4.69) is 16.0 Å². The molecule has 2 aromatic carbocycles. The van der Waals surface area contributed by atoms with Gasteiger partial charge in [-0.2, -0.15) is 0 Å². The molecule has 0 saturated heterocycles. The van der Waals surface area contributed by atoms with Gasteiger partial charge in [0.15, 0.2) is 0 Å². The van der Waals surface area contributed by atoms with Gasteiger partial charge in [0, 0.05) is 11.7 Å². The third-order valence-electron chi connectivity index (χ3n) is 4.00. The zero-order valence-electron chi connectivity index (χ0n) is 13.9. The van der Waals surface area contributed by atoms with Gasteiger partial charge in [-0.05, 0) is 49.6 Å². The molecule has 5 nitrogen and oxygen atoms in total. The Labute approximate surface area is 145 Å². The van der Waals surface area contributed by atoms with Crippen LogP contribution >= 0.6 is 0 Å². The summed E-state index contributed by atoms with van der Waals surface area (Å²) in [5.74, 6) is -0.863. The molecule has 1 fully saturated rings. The van der Waals surface area contributed by atoms with Crippen LogP contribution in [0.1, 0.15) is 28.8 Å². The van der Waals surface area contributed by atoms with Gasteiger partial charge in [-0.25, -0.2) is 4.39 Å². The Kier molecular flexibility index (Phi) is 4.97. The van der Waals surface area contributed by atoms with Gasteiger partial charge in [0.1, 0.15) is 5.82 Å². The van der Waals surface area contributed by atoms with Crippen molar-refractivity contribution in [2.45, 2.75) is 25.8 Å². The van der Waals surface area contributed by atoms with Crippen LogP contribution in [-0.4, -0.2) is 24.4 Å². The highest BCUT2D eigenvalue weighted by Crippen LogP contribution is 2.21. The van der Waals surface area contributed by atoms with E-state index in [0.29, 0.717) is 16.9 Å². The van der Waals surface area contributed by atoms with Gasteiger partial charge in [-0.3, -0.25) is 9.59 Å². The molecule has 0 aromatic heterocycles. The second kappa shape index (κ2) is 7.34. The van der Waals surface area contributed by atoms with Gasteiger partial charge in [0.2, 0.25) is 5.91 Å². The van der Waals surface area contributed by atoms with Gasteiger partial charge in [-0.1, -0.05) is 18.2 Å². The molecule has 0 heterocycles. The van der Waals surface area contributed by atoms with Gasteiger partial charge in [0.25, 0.3) is 5.91 Å². The van der Waals surface area contributed by atoms with Crippen LogP contribution in [0.3, 0.4) is 0 Å². The van der Waals surface area contributed by atoms with Crippen molar-refractivity contribution < 1.29 is 14.0 Å². The lowest BCUT2D eigenvalue weighted by Crippen LogP contribution is -2.28. The predicted molar refractivity (Wildman–Crippen MR) is 95.2 cm³/mol. The predicted octanol–water partition coefficient (Wildman–Crippen LogP) is 3.08. The lowest BCUT2D eigenvalue weighted by Gasteiger charge is -2.13. The number of amides is 2. The largest absolute Gasteiger partial charge is 0.376 e. The number of aryl methyl sites for hydroxylation is 1. The van der Waals surface area contributed by atoms with Crippen LogP contribution in [0.5, 0.6) is 0 Å². The fourth-order valence-corrected chi connectivity index (χ4v) is 2.44. The van der Waals surface area contributed by atoms with Gasteiger partial charge in [0.05, 0.1) is 17.8 Å². The smallest absolute Gasteiger partial charge is 0.253 e. The van der Waals surface area contributed by atoms with Crippen LogP contribution < -0.4 is 16.0 Å². The number of para-hydroxylation sites is 1. The van der Waals surface area contributed by atoms with Crippen molar-refractivity contribution in [1.29, 1.82) is 0 Å². The maximum absolute atomic E-state index is 13.3. The molecule has 0 unspecified atom stereocenters. The van der Waals surface area contributed by atoms with E-state index < -0.39 is 0 Å². The van der Waals surface area contributed by atoms with Gasteiger partial charge < -0.3 is 16.0 Å². The monoisotopic (exact) mass is 341 g/mol. The maximum atomic E-state index is 13.3. The van der Waals surface area contributed by atoms with E-state index in [1.54, 1.807) is 30.3 Å². The topological polar surface area (TPSA) is 70.2 Å². The maximum Gasteiger partial charge on any atom is 0.253 e. The summed E-state index contributed by atoms with van der Waals surface area (Å²) in [6, 6.07) is 11.5. The molecular weight excluding hydrogens is 321 g/mol. The lowest BCUT2D eigenvalue weighted by molar-refractivity contribution is -0.114. The highest BCUT2D eigenvalue weighted by atomic mass is 19.1. The average molecular weight is 341 g/mol. The lowest BCUT2D eigenvalue weighted by atomic mass is 10.1. The minimum absolute atomic E-state index is 0.0249. The first-order chi connectivity index (χ1) is 12.0. The molecule has 25 heavy (non-hydrogen) atoms. The Morgan fingerprint density at radius 1 is 1.12 bits per heavy atom. The number of hydrogen-bond acceptors (Lipinski definition) is 3. The second-order valence-electron chi connectivity index (χ2n) is 6.15.